The maximum absolute atomic E-state index is 12.2. The van der Waals surface area contributed by atoms with Gasteiger partial charge >= 0.3 is 5.97 Å². The number of esters is 1. The first-order chi connectivity index (χ1) is 12.1. The van der Waals surface area contributed by atoms with Crippen LogP contribution in [0.2, 0.25) is 0 Å². The molecule has 0 bridgehead atoms. The number of carbonyl (C=O) groups is 2. The SMILES string of the molecule is COc1cccc(NC(=O)COC(=O)c2ccc(SC)cc2OC)c1. The number of ether oxygens (including phenoxy) is 3. The van der Waals surface area contributed by atoms with Crippen molar-refractivity contribution >= 4 is 29.3 Å². The Morgan fingerprint density at radius 1 is 1.08 bits per heavy atom. The third-order valence-corrected chi connectivity index (χ3v) is 4.04. The molecular weight excluding hydrogens is 342 g/mol. The molecule has 2 aromatic rings. The van der Waals surface area contributed by atoms with Gasteiger partial charge in [-0.3, -0.25) is 4.79 Å². The minimum atomic E-state index is -0.620. The summed E-state index contributed by atoms with van der Waals surface area (Å²) in [5.41, 5.74) is 0.830. The zero-order valence-corrected chi connectivity index (χ0v) is 15.0. The van der Waals surface area contributed by atoms with Crippen molar-refractivity contribution in [2.24, 2.45) is 0 Å². The minimum absolute atomic E-state index is 0.273. The zero-order chi connectivity index (χ0) is 18.2. The summed E-state index contributed by atoms with van der Waals surface area (Å²) < 4.78 is 15.4. The number of amides is 1. The summed E-state index contributed by atoms with van der Waals surface area (Å²) in [4.78, 5) is 25.1. The van der Waals surface area contributed by atoms with E-state index in [1.54, 1.807) is 49.6 Å². The molecule has 0 aliphatic carbocycles. The quantitative estimate of drug-likeness (QED) is 0.603. The second-order valence-electron chi connectivity index (χ2n) is 4.92. The molecule has 0 aliphatic heterocycles. The van der Waals surface area contributed by atoms with Crippen LogP contribution in [0, 0.1) is 0 Å². The lowest BCUT2D eigenvalue weighted by molar-refractivity contribution is -0.119. The summed E-state index contributed by atoms with van der Waals surface area (Å²) in [6.45, 7) is -0.399. The molecule has 7 heteroatoms. The summed E-state index contributed by atoms with van der Waals surface area (Å²) in [5, 5.41) is 2.64. The fraction of sp³-hybridized carbons (Fsp3) is 0.222. The molecule has 0 heterocycles. The summed E-state index contributed by atoms with van der Waals surface area (Å²) in [6, 6.07) is 12.1. The Kier molecular flexibility index (Phi) is 6.71. The Morgan fingerprint density at radius 3 is 2.56 bits per heavy atom. The first-order valence-corrected chi connectivity index (χ1v) is 8.63. The Hall–Kier alpha value is -2.67. The van der Waals surface area contributed by atoms with Crippen LogP contribution in [-0.4, -0.2) is 39.0 Å². The number of methoxy groups -OCH3 is 2. The van der Waals surface area contributed by atoms with Crippen LogP contribution in [0.15, 0.2) is 47.4 Å². The van der Waals surface area contributed by atoms with Crippen molar-refractivity contribution in [1.29, 1.82) is 0 Å². The van der Waals surface area contributed by atoms with Gasteiger partial charge < -0.3 is 19.5 Å². The average Bonchev–Trinajstić information content (AvgIpc) is 2.65. The van der Waals surface area contributed by atoms with Gasteiger partial charge in [0, 0.05) is 16.6 Å². The number of anilines is 1. The normalized spacial score (nSPS) is 10.0. The van der Waals surface area contributed by atoms with Gasteiger partial charge in [0.05, 0.1) is 14.2 Å². The fourth-order valence-corrected chi connectivity index (χ4v) is 2.50. The van der Waals surface area contributed by atoms with E-state index >= 15 is 0 Å². The molecule has 1 N–H and O–H groups in total. The van der Waals surface area contributed by atoms with Crippen LogP contribution in [-0.2, 0) is 9.53 Å². The largest absolute Gasteiger partial charge is 0.497 e. The molecule has 0 fully saturated rings. The van der Waals surface area contributed by atoms with Crippen molar-refractivity contribution in [3.05, 3.63) is 48.0 Å². The molecule has 1 amide bonds. The molecule has 0 unspecified atom stereocenters. The highest BCUT2D eigenvalue weighted by Gasteiger charge is 2.16. The second kappa shape index (κ2) is 8.98. The van der Waals surface area contributed by atoms with E-state index in [9.17, 15) is 9.59 Å². The van der Waals surface area contributed by atoms with E-state index in [0.29, 0.717) is 17.2 Å². The first-order valence-electron chi connectivity index (χ1n) is 7.40. The van der Waals surface area contributed by atoms with E-state index < -0.39 is 18.5 Å². The van der Waals surface area contributed by atoms with E-state index in [1.807, 2.05) is 6.26 Å². The van der Waals surface area contributed by atoms with Crippen molar-refractivity contribution in [2.75, 3.05) is 32.4 Å². The molecule has 0 atom stereocenters. The average molecular weight is 361 g/mol. The van der Waals surface area contributed by atoms with Crippen LogP contribution in [0.5, 0.6) is 11.5 Å². The van der Waals surface area contributed by atoms with Crippen molar-refractivity contribution in [3.8, 4) is 11.5 Å². The highest BCUT2D eigenvalue weighted by Crippen LogP contribution is 2.26. The molecule has 0 aromatic heterocycles. The van der Waals surface area contributed by atoms with Crippen LogP contribution >= 0.6 is 11.8 Å². The second-order valence-corrected chi connectivity index (χ2v) is 5.80. The molecule has 25 heavy (non-hydrogen) atoms. The van der Waals surface area contributed by atoms with E-state index in [1.165, 1.54) is 18.9 Å². The molecule has 0 saturated heterocycles. The first kappa shape index (κ1) is 18.7. The maximum atomic E-state index is 12.2. The monoisotopic (exact) mass is 361 g/mol. The molecule has 2 aromatic carbocycles. The lowest BCUT2D eigenvalue weighted by Crippen LogP contribution is -2.21. The topological polar surface area (TPSA) is 73.9 Å². The highest BCUT2D eigenvalue weighted by atomic mass is 32.2. The van der Waals surface area contributed by atoms with Crippen LogP contribution in [0.1, 0.15) is 10.4 Å². The molecule has 2 rings (SSSR count). The van der Waals surface area contributed by atoms with Gasteiger partial charge in [0.25, 0.3) is 5.91 Å². The van der Waals surface area contributed by atoms with Gasteiger partial charge in [-0.05, 0) is 36.6 Å². The number of rotatable bonds is 7. The van der Waals surface area contributed by atoms with Gasteiger partial charge in [0.1, 0.15) is 17.1 Å². The molecular formula is C18H19NO5S. The van der Waals surface area contributed by atoms with E-state index in [0.717, 1.165) is 4.90 Å². The maximum Gasteiger partial charge on any atom is 0.342 e. The van der Waals surface area contributed by atoms with Crippen LogP contribution in [0.4, 0.5) is 5.69 Å². The smallest absolute Gasteiger partial charge is 0.342 e. The third-order valence-electron chi connectivity index (χ3n) is 3.32. The number of hydrogen-bond donors (Lipinski definition) is 1. The van der Waals surface area contributed by atoms with Crippen molar-refractivity contribution in [1.82, 2.24) is 0 Å². The van der Waals surface area contributed by atoms with Gasteiger partial charge in [-0.1, -0.05) is 6.07 Å². The number of hydrogen-bond acceptors (Lipinski definition) is 6. The Labute approximate surface area is 150 Å². The molecule has 0 spiro atoms. The summed E-state index contributed by atoms with van der Waals surface area (Å²) in [5.74, 6) is -0.0370. The summed E-state index contributed by atoms with van der Waals surface area (Å²) >= 11 is 1.53. The number of nitrogens with one attached hydrogen (secondary N) is 1. The van der Waals surface area contributed by atoms with Crippen LogP contribution in [0.3, 0.4) is 0 Å². The number of carbonyl (C=O) groups excluding carboxylic acids is 2. The Morgan fingerprint density at radius 2 is 1.88 bits per heavy atom. The van der Waals surface area contributed by atoms with Crippen molar-refractivity contribution in [3.63, 3.8) is 0 Å². The fourth-order valence-electron chi connectivity index (χ4n) is 2.07. The van der Waals surface area contributed by atoms with Gasteiger partial charge in [-0.25, -0.2) is 4.79 Å². The molecule has 0 aliphatic rings. The standard InChI is InChI=1S/C18H19NO5S/c1-22-13-6-4-5-12(9-13)19-17(20)11-24-18(21)15-8-7-14(25-3)10-16(15)23-2/h4-10H,11H2,1-3H3,(H,19,20). The predicted octanol–water partition coefficient (Wildman–Crippen LogP) is 3.22. The van der Waals surface area contributed by atoms with Gasteiger partial charge in [-0.15, -0.1) is 11.8 Å². The minimum Gasteiger partial charge on any atom is -0.497 e. The van der Waals surface area contributed by atoms with Crippen LogP contribution in [0.25, 0.3) is 0 Å². The molecule has 6 nitrogen and oxygen atoms in total. The third kappa shape index (κ3) is 5.15. The van der Waals surface area contributed by atoms with Crippen LogP contribution < -0.4 is 14.8 Å². The highest BCUT2D eigenvalue weighted by molar-refractivity contribution is 7.98. The summed E-state index contributed by atoms with van der Waals surface area (Å²) in [6.07, 6.45) is 1.93. The zero-order valence-electron chi connectivity index (χ0n) is 14.2. The Bertz CT molecular complexity index is 763. The number of benzene rings is 2. The number of thioether (sulfide) groups is 1. The van der Waals surface area contributed by atoms with Crippen molar-refractivity contribution in [2.45, 2.75) is 4.90 Å². The van der Waals surface area contributed by atoms with Gasteiger partial charge in [-0.2, -0.15) is 0 Å². The van der Waals surface area contributed by atoms with Gasteiger partial charge in [0.2, 0.25) is 0 Å². The van der Waals surface area contributed by atoms with Gasteiger partial charge in [0.15, 0.2) is 6.61 Å². The Balaban J connectivity index is 1.96. The molecule has 0 radical (unpaired) electrons. The lowest BCUT2D eigenvalue weighted by atomic mass is 10.2. The predicted molar refractivity (Wildman–Crippen MR) is 96.7 cm³/mol. The van der Waals surface area contributed by atoms with E-state index in [4.69, 9.17) is 14.2 Å². The van der Waals surface area contributed by atoms with E-state index in [-0.39, 0.29) is 5.56 Å². The van der Waals surface area contributed by atoms with Crippen molar-refractivity contribution < 1.29 is 23.8 Å². The molecule has 0 saturated carbocycles. The molecule has 132 valence electrons. The van der Waals surface area contributed by atoms with E-state index in [2.05, 4.69) is 5.32 Å². The summed E-state index contributed by atoms with van der Waals surface area (Å²) in [7, 11) is 3.02. The lowest BCUT2D eigenvalue weighted by Gasteiger charge is -2.10.